The molecule has 0 radical (unpaired) electrons. The molecule has 1 fully saturated rings. The van der Waals surface area contributed by atoms with Crippen LogP contribution in [0.25, 0.3) is 22.6 Å². The fourth-order valence-corrected chi connectivity index (χ4v) is 3.18. The van der Waals surface area contributed by atoms with Crippen LogP contribution in [0.1, 0.15) is 43.5 Å². The summed E-state index contributed by atoms with van der Waals surface area (Å²) < 4.78 is 0. The normalized spacial score (nSPS) is 12.9. The Hall–Kier alpha value is -3.72. The van der Waals surface area contributed by atoms with Gasteiger partial charge in [-0.3, -0.25) is 14.6 Å². The molecule has 0 aliphatic heterocycles. The Morgan fingerprint density at radius 3 is 2.66 bits per heavy atom. The first-order chi connectivity index (χ1) is 15.4. The number of nitrogens with zero attached hydrogens (tertiary/aromatic N) is 2. The zero-order valence-electron chi connectivity index (χ0n) is 18.5. The average molecular weight is 427 g/mol. The van der Waals surface area contributed by atoms with Gasteiger partial charge in [0.15, 0.2) is 0 Å². The third-order valence-corrected chi connectivity index (χ3v) is 5.31. The number of amides is 1. The maximum Gasteiger partial charge on any atom is 0.251 e. The topological polar surface area (TPSA) is 87.7 Å². The van der Waals surface area contributed by atoms with Crippen LogP contribution in [0.5, 0.6) is 0 Å². The van der Waals surface area contributed by atoms with Gasteiger partial charge in [-0.05, 0) is 43.5 Å². The number of H-pyrrole nitrogens is 1. The number of hydrogen-bond donors (Lipinski definition) is 2. The van der Waals surface area contributed by atoms with Gasteiger partial charge in [0.2, 0.25) is 5.91 Å². The molecule has 6 nitrogen and oxygen atoms in total. The van der Waals surface area contributed by atoms with Gasteiger partial charge in [0.1, 0.15) is 5.82 Å². The summed E-state index contributed by atoms with van der Waals surface area (Å²) >= 11 is 0. The molecule has 6 heteroatoms. The zero-order chi connectivity index (χ0) is 22.7. The quantitative estimate of drug-likeness (QED) is 0.607. The van der Waals surface area contributed by atoms with Crippen molar-refractivity contribution in [1.29, 1.82) is 0 Å². The fraction of sp³-hybridized carbons (Fsp3) is 0.308. The minimum absolute atomic E-state index is 0.0223. The van der Waals surface area contributed by atoms with Gasteiger partial charge in [0.25, 0.3) is 5.56 Å². The van der Waals surface area contributed by atoms with E-state index in [4.69, 9.17) is 4.98 Å². The number of rotatable bonds is 5. The van der Waals surface area contributed by atoms with Gasteiger partial charge in [-0.2, -0.15) is 0 Å². The molecule has 1 amide bonds. The summed E-state index contributed by atoms with van der Waals surface area (Å²) in [6, 6.07) is 11.2. The van der Waals surface area contributed by atoms with Crippen LogP contribution < -0.4 is 10.9 Å². The predicted octanol–water partition coefficient (Wildman–Crippen LogP) is 3.84. The lowest BCUT2D eigenvalue weighted by molar-refractivity contribution is -0.124. The highest BCUT2D eigenvalue weighted by molar-refractivity contribution is 5.77. The Morgan fingerprint density at radius 1 is 1.22 bits per heavy atom. The van der Waals surface area contributed by atoms with Crippen LogP contribution in [0.3, 0.4) is 0 Å². The number of carbonyl (C=O) groups is 1. The van der Waals surface area contributed by atoms with Gasteiger partial charge >= 0.3 is 0 Å². The van der Waals surface area contributed by atoms with E-state index in [2.05, 4.69) is 27.1 Å². The molecular formula is C26H26N4O2. The van der Waals surface area contributed by atoms with Crippen LogP contribution in [-0.4, -0.2) is 20.9 Å². The van der Waals surface area contributed by atoms with Gasteiger partial charge < -0.3 is 10.3 Å². The van der Waals surface area contributed by atoms with E-state index in [0.717, 1.165) is 27.9 Å². The molecule has 162 valence electrons. The van der Waals surface area contributed by atoms with Gasteiger partial charge in [-0.15, -0.1) is 0 Å². The van der Waals surface area contributed by atoms with E-state index < -0.39 is 0 Å². The molecule has 2 aromatic heterocycles. The van der Waals surface area contributed by atoms with Crippen molar-refractivity contribution in [1.82, 2.24) is 20.3 Å². The summed E-state index contributed by atoms with van der Waals surface area (Å²) in [6.45, 7) is 5.93. The van der Waals surface area contributed by atoms with E-state index in [0.29, 0.717) is 24.0 Å². The smallest absolute Gasteiger partial charge is 0.251 e. The highest BCUT2D eigenvalue weighted by Crippen LogP contribution is 2.28. The minimum Gasteiger partial charge on any atom is -0.352 e. The van der Waals surface area contributed by atoms with E-state index >= 15 is 0 Å². The predicted molar refractivity (Wildman–Crippen MR) is 125 cm³/mol. The second-order valence-electron chi connectivity index (χ2n) is 8.45. The minimum atomic E-state index is -0.236. The molecular weight excluding hydrogens is 400 g/mol. The number of pyridine rings is 1. The molecule has 32 heavy (non-hydrogen) atoms. The van der Waals surface area contributed by atoms with Crippen molar-refractivity contribution >= 4 is 5.91 Å². The number of hydrogen-bond acceptors (Lipinski definition) is 4. The van der Waals surface area contributed by atoms with Crippen LogP contribution in [0.4, 0.5) is 0 Å². The molecule has 1 aromatic carbocycles. The number of nitrogens with one attached hydrogen (secondary N) is 2. The van der Waals surface area contributed by atoms with Crippen molar-refractivity contribution in [3.63, 3.8) is 0 Å². The van der Waals surface area contributed by atoms with Gasteiger partial charge in [0.05, 0.1) is 5.69 Å². The highest BCUT2D eigenvalue weighted by Gasteiger charge is 2.17. The molecule has 0 spiro atoms. The maximum absolute atomic E-state index is 12.4. The molecule has 0 saturated heterocycles. The van der Waals surface area contributed by atoms with E-state index in [1.807, 2.05) is 51.1 Å². The van der Waals surface area contributed by atoms with Gasteiger partial charge in [-0.25, -0.2) is 4.98 Å². The average Bonchev–Trinajstić information content (AvgIpc) is 3.61. The molecule has 0 atom stereocenters. The van der Waals surface area contributed by atoms with Crippen molar-refractivity contribution in [2.75, 3.05) is 0 Å². The maximum atomic E-state index is 12.4. The molecule has 1 saturated carbocycles. The first kappa shape index (κ1) is 21.5. The van der Waals surface area contributed by atoms with Crippen LogP contribution >= 0.6 is 0 Å². The van der Waals surface area contributed by atoms with Crippen LogP contribution in [0, 0.1) is 30.6 Å². The Morgan fingerprint density at radius 2 is 1.97 bits per heavy atom. The zero-order valence-corrected chi connectivity index (χ0v) is 18.5. The van der Waals surface area contributed by atoms with Crippen molar-refractivity contribution in [3.05, 3.63) is 69.8 Å². The molecule has 2 N–H and O–H groups in total. The second-order valence-corrected chi connectivity index (χ2v) is 8.45. The number of aromatic amines is 1. The first-order valence-corrected chi connectivity index (χ1v) is 10.9. The van der Waals surface area contributed by atoms with E-state index in [9.17, 15) is 9.59 Å². The second kappa shape index (κ2) is 9.19. The first-order valence-electron chi connectivity index (χ1n) is 10.9. The number of aromatic nitrogens is 3. The van der Waals surface area contributed by atoms with E-state index in [-0.39, 0.29) is 17.4 Å². The molecule has 1 aliphatic rings. The summed E-state index contributed by atoms with van der Waals surface area (Å²) in [5.74, 6) is 7.34. The van der Waals surface area contributed by atoms with Gasteiger partial charge in [-0.1, -0.05) is 37.8 Å². The Balaban J connectivity index is 1.61. The molecule has 4 rings (SSSR count). The van der Waals surface area contributed by atoms with Crippen molar-refractivity contribution in [2.45, 2.75) is 40.2 Å². The summed E-state index contributed by atoms with van der Waals surface area (Å²) in [5.41, 5.74) is 4.47. The monoisotopic (exact) mass is 426 g/mol. The lowest BCUT2D eigenvalue weighted by Crippen LogP contribution is -2.27. The lowest BCUT2D eigenvalue weighted by atomic mass is 10.1. The number of carbonyl (C=O) groups excluding carboxylic acids is 1. The van der Waals surface area contributed by atoms with E-state index in [1.165, 1.54) is 18.9 Å². The van der Waals surface area contributed by atoms with E-state index in [1.54, 1.807) is 6.20 Å². The third kappa shape index (κ3) is 5.30. The molecule has 0 bridgehead atoms. The molecule has 3 aromatic rings. The molecule has 0 unspecified atom stereocenters. The fourth-order valence-electron chi connectivity index (χ4n) is 3.18. The van der Waals surface area contributed by atoms with Crippen molar-refractivity contribution < 1.29 is 4.79 Å². The van der Waals surface area contributed by atoms with Gasteiger partial charge in [0, 0.05) is 53.0 Å². The summed E-state index contributed by atoms with van der Waals surface area (Å²) in [5, 5.41) is 2.89. The molecule has 2 heterocycles. The Kier molecular flexibility index (Phi) is 6.18. The Labute approximate surface area is 187 Å². The number of aryl methyl sites for hydroxylation is 1. The van der Waals surface area contributed by atoms with Crippen molar-refractivity contribution in [2.24, 2.45) is 11.8 Å². The summed E-state index contributed by atoms with van der Waals surface area (Å²) in [6.07, 6.45) is 4.12. The summed E-state index contributed by atoms with van der Waals surface area (Å²) in [7, 11) is 0. The lowest BCUT2D eigenvalue weighted by Gasteiger charge is -2.11. The summed E-state index contributed by atoms with van der Waals surface area (Å²) in [4.78, 5) is 36.2. The number of benzene rings is 1. The SMILES string of the molecule is Cc1ncc(CNC(=O)C(C)C)cc1-c1nc(-c2ccc(C#CC3CC3)cc2)cc(=O)[nH]1. The third-order valence-electron chi connectivity index (χ3n) is 5.31. The standard InChI is InChI=1S/C26H26N4O2/c1-16(2)26(32)28-15-20-12-22(17(3)27-14-20)25-29-23(13-24(31)30-25)21-10-8-19(9-11-21)7-6-18-4-5-18/h8-14,16,18H,4-5,15H2,1-3H3,(H,28,32)(H,29,30,31). The Bertz CT molecular complexity index is 1260. The van der Waals surface area contributed by atoms with Crippen molar-refractivity contribution in [3.8, 4) is 34.5 Å². The van der Waals surface area contributed by atoms with Crippen LogP contribution in [-0.2, 0) is 11.3 Å². The van der Waals surface area contributed by atoms with Crippen LogP contribution in [0.2, 0.25) is 0 Å². The molecule has 1 aliphatic carbocycles. The highest BCUT2D eigenvalue weighted by atomic mass is 16.1. The van der Waals surface area contributed by atoms with Crippen LogP contribution in [0.15, 0.2) is 47.4 Å². The largest absolute Gasteiger partial charge is 0.352 e.